The van der Waals surface area contributed by atoms with Crippen molar-refractivity contribution in [1.82, 2.24) is 0 Å². The summed E-state index contributed by atoms with van der Waals surface area (Å²) in [6.45, 7) is 14.8. The van der Waals surface area contributed by atoms with Crippen LogP contribution >= 0.6 is 0 Å². The minimum absolute atomic E-state index is 0.732. The molecular formula is C13H22. The average molecular weight is 178 g/mol. The molecule has 0 aromatic heterocycles. The first-order valence-electron chi connectivity index (χ1n) is 5.33. The molecule has 0 heteroatoms. The summed E-state index contributed by atoms with van der Waals surface area (Å²) in [5.74, 6) is 2.31. The SMILES string of the molecule is C=C(C)[C@@H]1CC[C@H](C)[C@H](C(=C)C)C1. The Morgan fingerprint density at radius 1 is 1.08 bits per heavy atom. The van der Waals surface area contributed by atoms with Gasteiger partial charge in [0.2, 0.25) is 0 Å². The van der Waals surface area contributed by atoms with Crippen LogP contribution in [0.5, 0.6) is 0 Å². The first kappa shape index (κ1) is 10.6. The molecule has 74 valence electrons. The van der Waals surface area contributed by atoms with Crippen LogP contribution in [0.3, 0.4) is 0 Å². The molecule has 1 aliphatic rings. The fourth-order valence-electron chi connectivity index (χ4n) is 2.46. The second kappa shape index (κ2) is 4.13. The van der Waals surface area contributed by atoms with E-state index in [1.165, 1.54) is 30.4 Å². The normalized spacial score (nSPS) is 34.2. The van der Waals surface area contributed by atoms with E-state index in [-0.39, 0.29) is 0 Å². The van der Waals surface area contributed by atoms with Gasteiger partial charge < -0.3 is 0 Å². The summed E-state index contributed by atoms with van der Waals surface area (Å²) in [4.78, 5) is 0. The van der Waals surface area contributed by atoms with Gasteiger partial charge in [-0.1, -0.05) is 31.2 Å². The fourth-order valence-corrected chi connectivity index (χ4v) is 2.46. The van der Waals surface area contributed by atoms with Gasteiger partial charge in [-0.3, -0.25) is 0 Å². The third kappa shape index (κ3) is 2.46. The van der Waals surface area contributed by atoms with Gasteiger partial charge in [-0.2, -0.15) is 0 Å². The number of hydrogen-bond donors (Lipinski definition) is 0. The van der Waals surface area contributed by atoms with Crippen molar-refractivity contribution in [2.24, 2.45) is 17.8 Å². The highest BCUT2D eigenvalue weighted by atomic mass is 14.3. The van der Waals surface area contributed by atoms with E-state index in [2.05, 4.69) is 33.9 Å². The van der Waals surface area contributed by atoms with E-state index in [1.54, 1.807) is 0 Å². The highest BCUT2D eigenvalue weighted by Gasteiger charge is 2.28. The van der Waals surface area contributed by atoms with Crippen LogP contribution in [0.25, 0.3) is 0 Å². The standard InChI is InChI=1S/C13H22/c1-9(2)12-7-6-11(5)13(8-12)10(3)4/h11-13H,1,3,6-8H2,2,4-5H3/t11-,12+,13-/m0/s1. The Balaban J connectivity index is 2.63. The van der Waals surface area contributed by atoms with Crippen LogP contribution in [-0.2, 0) is 0 Å². The molecule has 0 unspecified atom stereocenters. The summed E-state index contributed by atoms with van der Waals surface area (Å²) in [7, 11) is 0. The van der Waals surface area contributed by atoms with Crippen LogP contribution in [0.2, 0.25) is 0 Å². The lowest BCUT2D eigenvalue weighted by Crippen LogP contribution is -2.24. The monoisotopic (exact) mass is 178 g/mol. The predicted molar refractivity (Wildman–Crippen MR) is 59.6 cm³/mol. The minimum atomic E-state index is 0.732. The van der Waals surface area contributed by atoms with Crippen molar-refractivity contribution in [3.63, 3.8) is 0 Å². The summed E-state index contributed by atoms with van der Waals surface area (Å²) in [5, 5.41) is 0. The van der Waals surface area contributed by atoms with Crippen LogP contribution < -0.4 is 0 Å². The quantitative estimate of drug-likeness (QED) is 0.556. The Labute approximate surface area is 82.7 Å². The molecule has 1 fully saturated rings. The van der Waals surface area contributed by atoms with Crippen LogP contribution in [0.1, 0.15) is 40.0 Å². The van der Waals surface area contributed by atoms with Gasteiger partial charge in [-0.15, -0.1) is 0 Å². The Kier molecular flexibility index (Phi) is 3.35. The van der Waals surface area contributed by atoms with E-state index in [1.807, 2.05) is 0 Å². The van der Waals surface area contributed by atoms with E-state index in [0.29, 0.717) is 0 Å². The minimum Gasteiger partial charge on any atom is -0.0999 e. The summed E-state index contributed by atoms with van der Waals surface area (Å²) < 4.78 is 0. The topological polar surface area (TPSA) is 0 Å². The molecule has 0 bridgehead atoms. The van der Waals surface area contributed by atoms with E-state index < -0.39 is 0 Å². The van der Waals surface area contributed by atoms with Gasteiger partial charge in [0.1, 0.15) is 0 Å². The zero-order valence-corrected chi connectivity index (χ0v) is 9.27. The molecular weight excluding hydrogens is 156 g/mol. The first-order chi connectivity index (χ1) is 6.02. The smallest absolute Gasteiger partial charge is 0.0177 e. The van der Waals surface area contributed by atoms with Crippen molar-refractivity contribution >= 4 is 0 Å². The molecule has 0 saturated heterocycles. The largest absolute Gasteiger partial charge is 0.0999 e. The highest BCUT2D eigenvalue weighted by Crippen LogP contribution is 2.39. The van der Waals surface area contributed by atoms with Gasteiger partial charge in [0, 0.05) is 0 Å². The van der Waals surface area contributed by atoms with Crippen LogP contribution in [0, 0.1) is 17.8 Å². The third-order valence-electron chi connectivity index (χ3n) is 3.53. The van der Waals surface area contributed by atoms with E-state index >= 15 is 0 Å². The van der Waals surface area contributed by atoms with Gasteiger partial charge >= 0.3 is 0 Å². The van der Waals surface area contributed by atoms with Crippen LogP contribution in [0.15, 0.2) is 24.3 Å². The number of hydrogen-bond acceptors (Lipinski definition) is 0. The van der Waals surface area contributed by atoms with Gasteiger partial charge in [0.25, 0.3) is 0 Å². The first-order valence-corrected chi connectivity index (χ1v) is 5.33. The predicted octanol–water partition coefficient (Wildman–Crippen LogP) is 4.19. The molecule has 13 heavy (non-hydrogen) atoms. The molecule has 0 N–H and O–H groups in total. The Morgan fingerprint density at radius 2 is 1.69 bits per heavy atom. The van der Waals surface area contributed by atoms with Crippen molar-refractivity contribution in [3.8, 4) is 0 Å². The maximum Gasteiger partial charge on any atom is -0.0177 e. The molecule has 1 rings (SSSR count). The number of allylic oxidation sites excluding steroid dienone is 2. The van der Waals surface area contributed by atoms with Crippen LogP contribution in [-0.4, -0.2) is 0 Å². The van der Waals surface area contributed by atoms with Gasteiger partial charge in [0.05, 0.1) is 0 Å². The highest BCUT2D eigenvalue weighted by molar-refractivity contribution is 5.06. The molecule has 0 aromatic rings. The maximum atomic E-state index is 4.09. The molecule has 0 aromatic carbocycles. The van der Waals surface area contributed by atoms with Crippen molar-refractivity contribution < 1.29 is 0 Å². The Morgan fingerprint density at radius 3 is 2.15 bits per heavy atom. The molecule has 3 atom stereocenters. The fraction of sp³-hybridized carbons (Fsp3) is 0.692. The second-order valence-electron chi connectivity index (χ2n) is 4.79. The lowest BCUT2D eigenvalue weighted by atomic mass is 9.70. The van der Waals surface area contributed by atoms with Gasteiger partial charge in [0.15, 0.2) is 0 Å². The average Bonchev–Trinajstić information content (AvgIpc) is 2.04. The lowest BCUT2D eigenvalue weighted by molar-refractivity contribution is 0.244. The maximum absolute atomic E-state index is 4.09. The third-order valence-corrected chi connectivity index (χ3v) is 3.53. The molecule has 1 saturated carbocycles. The molecule has 0 heterocycles. The van der Waals surface area contributed by atoms with Crippen molar-refractivity contribution in [2.45, 2.75) is 40.0 Å². The molecule has 0 aliphatic heterocycles. The van der Waals surface area contributed by atoms with E-state index in [0.717, 1.165) is 17.8 Å². The van der Waals surface area contributed by atoms with Gasteiger partial charge in [-0.25, -0.2) is 0 Å². The van der Waals surface area contributed by atoms with Gasteiger partial charge in [-0.05, 0) is 50.9 Å². The van der Waals surface area contributed by atoms with Crippen molar-refractivity contribution in [2.75, 3.05) is 0 Å². The van der Waals surface area contributed by atoms with E-state index in [4.69, 9.17) is 0 Å². The molecule has 0 nitrogen and oxygen atoms in total. The molecule has 0 spiro atoms. The second-order valence-corrected chi connectivity index (χ2v) is 4.79. The van der Waals surface area contributed by atoms with Crippen molar-refractivity contribution in [3.05, 3.63) is 24.3 Å². The number of rotatable bonds is 2. The summed E-state index contributed by atoms with van der Waals surface area (Å²) >= 11 is 0. The molecule has 0 radical (unpaired) electrons. The lowest BCUT2D eigenvalue weighted by Gasteiger charge is -2.35. The zero-order valence-electron chi connectivity index (χ0n) is 9.27. The Hall–Kier alpha value is -0.520. The summed E-state index contributed by atoms with van der Waals surface area (Å²) in [6.07, 6.45) is 3.96. The summed E-state index contributed by atoms with van der Waals surface area (Å²) in [6, 6.07) is 0. The molecule has 0 amide bonds. The van der Waals surface area contributed by atoms with Crippen LogP contribution in [0.4, 0.5) is 0 Å². The van der Waals surface area contributed by atoms with E-state index in [9.17, 15) is 0 Å². The zero-order chi connectivity index (χ0) is 10.0. The summed E-state index contributed by atoms with van der Waals surface area (Å²) in [5.41, 5.74) is 2.72. The Bertz CT molecular complexity index is 212. The molecule has 1 aliphatic carbocycles. The van der Waals surface area contributed by atoms with Crippen molar-refractivity contribution in [1.29, 1.82) is 0 Å².